The molecule has 0 bridgehead atoms. The zero-order valence-corrected chi connectivity index (χ0v) is 26.5. The number of anilines is 2. The highest BCUT2D eigenvalue weighted by Gasteiger charge is 2.42. The fourth-order valence-corrected chi connectivity index (χ4v) is 7.12. The molecule has 4 heterocycles. The normalized spacial score (nSPS) is 19.0. The van der Waals surface area contributed by atoms with E-state index >= 15 is 0 Å². The Labute approximate surface area is 263 Å². The largest absolute Gasteiger partial charge is 0.465 e. The number of hydrogen-bond donors (Lipinski definition) is 1. The Morgan fingerprint density at radius 2 is 1.81 bits per heavy atom. The van der Waals surface area contributed by atoms with Gasteiger partial charge in [0.25, 0.3) is 0 Å². The lowest BCUT2D eigenvalue weighted by Gasteiger charge is -2.33. The lowest BCUT2D eigenvalue weighted by Crippen LogP contribution is -2.33. The van der Waals surface area contributed by atoms with E-state index in [0.717, 1.165) is 63.7 Å². The van der Waals surface area contributed by atoms with Gasteiger partial charge in [-0.05, 0) is 105 Å². The number of aromatic nitrogens is 2. The second-order valence-corrected chi connectivity index (χ2v) is 12.3. The highest BCUT2D eigenvalue weighted by atomic mass is 35.5. The number of pyridine rings is 1. The first-order chi connectivity index (χ1) is 20.8. The van der Waals surface area contributed by atoms with Gasteiger partial charge in [0.2, 0.25) is 0 Å². The highest BCUT2D eigenvalue weighted by molar-refractivity contribution is 7.80. The minimum atomic E-state index is -0.365. The fourth-order valence-electron chi connectivity index (χ4n) is 6.47. The maximum atomic E-state index is 12.3. The monoisotopic (exact) mass is 613 g/mol. The van der Waals surface area contributed by atoms with Crippen molar-refractivity contribution in [3.8, 4) is 5.69 Å². The number of ether oxygens (including phenoxy) is 1. The molecule has 0 saturated carbocycles. The number of nitrogens with one attached hydrogen (secondary N) is 1. The summed E-state index contributed by atoms with van der Waals surface area (Å²) in [5, 5.41) is 4.91. The van der Waals surface area contributed by atoms with Crippen LogP contribution in [-0.2, 0) is 4.74 Å². The van der Waals surface area contributed by atoms with Crippen LogP contribution in [0, 0.1) is 19.8 Å². The van der Waals surface area contributed by atoms with Gasteiger partial charge in [-0.1, -0.05) is 30.7 Å². The SMILES string of the molecule is COC(=O)c1cccc(-n2c(C)cc(C3C(c4ccccn4)NC(=S)N3c3ccc(N4CCC(C)CC4)c(Cl)c3)c2C)c1. The van der Waals surface area contributed by atoms with Gasteiger partial charge in [0.05, 0.1) is 41.2 Å². The number of carbonyl (C=O) groups is 1. The number of thiocarbonyl (C=S) groups is 1. The predicted octanol–water partition coefficient (Wildman–Crippen LogP) is 7.34. The number of methoxy groups -OCH3 is 1. The average Bonchev–Trinajstić information content (AvgIpc) is 3.52. The summed E-state index contributed by atoms with van der Waals surface area (Å²) in [6.07, 6.45) is 4.15. The first kappa shape index (κ1) is 29.2. The molecule has 4 aromatic rings. The summed E-state index contributed by atoms with van der Waals surface area (Å²) < 4.78 is 7.15. The number of carbonyl (C=O) groups excluding carboxylic acids is 1. The molecule has 0 amide bonds. The number of piperidine rings is 1. The maximum Gasteiger partial charge on any atom is 0.337 e. The van der Waals surface area contributed by atoms with Gasteiger partial charge in [-0.25, -0.2) is 4.79 Å². The molecule has 0 radical (unpaired) electrons. The molecule has 2 fully saturated rings. The molecule has 43 heavy (non-hydrogen) atoms. The third-order valence-electron chi connectivity index (χ3n) is 8.75. The molecule has 1 N–H and O–H groups in total. The van der Waals surface area contributed by atoms with Crippen molar-refractivity contribution in [3.05, 3.63) is 106 Å². The van der Waals surface area contributed by atoms with Crippen molar-refractivity contribution < 1.29 is 9.53 Å². The Morgan fingerprint density at radius 1 is 1.02 bits per heavy atom. The standard InChI is InChI=1S/C34H36ClN5O2S/c1-21-13-16-38(17-14-21)30-12-11-26(20-28(30)35)40-32(31(37-34(40)43)29-10-5-6-15-36-29)27-18-22(2)39(23(27)3)25-9-7-8-24(19-25)33(41)42-4/h5-12,15,18-21,31-32H,13-14,16-17H2,1-4H3,(H,37,43). The van der Waals surface area contributed by atoms with Gasteiger partial charge in [0.1, 0.15) is 0 Å². The van der Waals surface area contributed by atoms with Crippen LogP contribution in [0.1, 0.15) is 64.9 Å². The van der Waals surface area contributed by atoms with Crippen LogP contribution in [0.15, 0.2) is 72.9 Å². The van der Waals surface area contributed by atoms with Gasteiger partial charge in [-0.3, -0.25) is 4.98 Å². The van der Waals surface area contributed by atoms with Crippen LogP contribution in [0.3, 0.4) is 0 Å². The van der Waals surface area contributed by atoms with E-state index in [1.54, 1.807) is 6.07 Å². The number of esters is 1. The smallest absolute Gasteiger partial charge is 0.337 e. The van der Waals surface area contributed by atoms with Gasteiger partial charge < -0.3 is 24.4 Å². The Kier molecular flexibility index (Phi) is 8.16. The van der Waals surface area contributed by atoms with Crippen LogP contribution in [0.2, 0.25) is 5.02 Å². The van der Waals surface area contributed by atoms with Crippen molar-refractivity contribution in [2.45, 2.75) is 45.7 Å². The van der Waals surface area contributed by atoms with Crippen LogP contribution in [0.25, 0.3) is 5.69 Å². The number of hydrogen-bond acceptors (Lipinski definition) is 5. The summed E-state index contributed by atoms with van der Waals surface area (Å²) in [7, 11) is 1.40. The summed E-state index contributed by atoms with van der Waals surface area (Å²) in [5.74, 6) is 0.379. The van der Waals surface area contributed by atoms with Gasteiger partial charge in [0.15, 0.2) is 5.11 Å². The van der Waals surface area contributed by atoms with Crippen molar-refractivity contribution in [1.82, 2.24) is 14.9 Å². The molecule has 0 aliphatic carbocycles. The lowest BCUT2D eigenvalue weighted by atomic mass is 9.96. The van der Waals surface area contributed by atoms with Crippen LogP contribution in [0.5, 0.6) is 0 Å². The van der Waals surface area contributed by atoms with Crippen molar-refractivity contribution in [3.63, 3.8) is 0 Å². The molecule has 2 aromatic carbocycles. The average molecular weight is 614 g/mol. The van der Waals surface area contributed by atoms with E-state index in [2.05, 4.69) is 58.7 Å². The molecule has 9 heteroatoms. The maximum absolute atomic E-state index is 12.3. The topological polar surface area (TPSA) is 62.6 Å². The molecular formula is C34H36ClN5O2S. The molecule has 7 nitrogen and oxygen atoms in total. The minimum Gasteiger partial charge on any atom is -0.465 e. The minimum absolute atomic E-state index is 0.189. The third kappa shape index (κ3) is 5.50. The number of aryl methyl sites for hydroxylation is 1. The Hall–Kier alpha value is -3.88. The fraction of sp³-hybridized carbons (Fsp3) is 0.324. The molecule has 2 aliphatic rings. The van der Waals surface area contributed by atoms with Crippen molar-refractivity contribution in [2.24, 2.45) is 5.92 Å². The number of benzene rings is 2. The molecule has 2 aliphatic heterocycles. The molecule has 6 rings (SSSR count). The summed E-state index contributed by atoms with van der Waals surface area (Å²) in [4.78, 5) is 21.6. The number of rotatable bonds is 6. The van der Waals surface area contributed by atoms with Crippen molar-refractivity contribution >= 4 is 46.3 Å². The van der Waals surface area contributed by atoms with Crippen LogP contribution in [-0.4, -0.2) is 40.8 Å². The third-order valence-corrected chi connectivity index (χ3v) is 9.36. The zero-order chi connectivity index (χ0) is 30.2. The van der Waals surface area contributed by atoms with E-state index in [1.165, 1.54) is 20.0 Å². The van der Waals surface area contributed by atoms with Gasteiger partial charge in [-0.2, -0.15) is 0 Å². The van der Waals surface area contributed by atoms with Crippen molar-refractivity contribution in [2.75, 3.05) is 30.0 Å². The van der Waals surface area contributed by atoms with Crippen LogP contribution >= 0.6 is 23.8 Å². The molecule has 2 aromatic heterocycles. The second-order valence-electron chi connectivity index (χ2n) is 11.5. The molecule has 2 atom stereocenters. The summed E-state index contributed by atoms with van der Waals surface area (Å²) in [6.45, 7) is 8.52. The van der Waals surface area contributed by atoms with E-state index in [4.69, 9.17) is 33.5 Å². The number of halogens is 1. The van der Waals surface area contributed by atoms with E-state index in [9.17, 15) is 4.79 Å². The summed E-state index contributed by atoms with van der Waals surface area (Å²) in [5.41, 5.74) is 7.49. The lowest BCUT2D eigenvalue weighted by molar-refractivity contribution is 0.0600. The Morgan fingerprint density at radius 3 is 2.51 bits per heavy atom. The highest BCUT2D eigenvalue weighted by Crippen LogP contribution is 2.45. The van der Waals surface area contributed by atoms with Crippen molar-refractivity contribution in [1.29, 1.82) is 0 Å². The predicted molar refractivity (Wildman–Crippen MR) is 177 cm³/mol. The van der Waals surface area contributed by atoms with Gasteiger partial charge in [-0.15, -0.1) is 0 Å². The molecular weight excluding hydrogens is 578 g/mol. The first-order valence-electron chi connectivity index (χ1n) is 14.7. The van der Waals surface area contributed by atoms with Gasteiger partial charge in [0, 0.05) is 42.0 Å². The van der Waals surface area contributed by atoms with Crippen LogP contribution < -0.4 is 15.1 Å². The molecule has 2 unspecified atom stereocenters. The second kappa shape index (κ2) is 12.0. The van der Waals surface area contributed by atoms with E-state index in [0.29, 0.717) is 10.7 Å². The van der Waals surface area contributed by atoms with Gasteiger partial charge >= 0.3 is 5.97 Å². The Bertz CT molecular complexity index is 1660. The summed E-state index contributed by atoms with van der Waals surface area (Å²) >= 11 is 13.0. The van der Waals surface area contributed by atoms with E-state index in [-0.39, 0.29) is 18.1 Å². The first-order valence-corrected chi connectivity index (χ1v) is 15.5. The molecule has 2 saturated heterocycles. The Balaban J connectivity index is 1.43. The molecule has 222 valence electrons. The summed E-state index contributed by atoms with van der Waals surface area (Å²) in [6, 6.07) is 21.6. The number of nitrogens with zero attached hydrogens (tertiary/aromatic N) is 4. The quantitative estimate of drug-likeness (QED) is 0.180. The van der Waals surface area contributed by atoms with E-state index < -0.39 is 0 Å². The van der Waals surface area contributed by atoms with Crippen LogP contribution in [0.4, 0.5) is 11.4 Å². The zero-order valence-electron chi connectivity index (χ0n) is 24.9. The van der Waals surface area contributed by atoms with E-state index in [1.807, 2.05) is 48.7 Å². The molecule has 0 spiro atoms.